The Labute approximate surface area is 173 Å². The van der Waals surface area contributed by atoms with Crippen molar-refractivity contribution in [2.45, 2.75) is 39.8 Å². The summed E-state index contributed by atoms with van der Waals surface area (Å²) in [6.07, 6.45) is 2.10. The summed E-state index contributed by atoms with van der Waals surface area (Å²) in [4.78, 5) is 7.36. The van der Waals surface area contributed by atoms with Gasteiger partial charge in [0.2, 0.25) is 0 Å². The second kappa shape index (κ2) is 9.42. The third-order valence-electron chi connectivity index (χ3n) is 5.79. The standard InChI is InChI=1S/C24H31N3O2/c1-19-8-7-11-23(20(19)2)29-15-6-5-12-27-22-10-4-3-9-21(22)25-24(27)18-26-13-16-28-17-14-26/h3-4,7-11H,5-6,12-18H2,1-2H3. The first-order valence-corrected chi connectivity index (χ1v) is 10.7. The second-order valence-corrected chi connectivity index (χ2v) is 7.81. The number of morpholine rings is 1. The van der Waals surface area contributed by atoms with Gasteiger partial charge in [-0.3, -0.25) is 4.90 Å². The number of fused-ring (bicyclic) bond motifs is 1. The van der Waals surface area contributed by atoms with E-state index in [-0.39, 0.29) is 0 Å². The number of para-hydroxylation sites is 2. The third kappa shape index (κ3) is 4.80. The largest absolute Gasteiger partial charge is 0.493 e. The van der Waals surface area contributed by atoms with Gasteiger partial charge in [0.1, 0.15) is 11.6 Å². The molecule has 1 fully saturated rings. The van der Waals surface area contributed by atoms with Gasteiger partial charge >= 0.3 is 0 Å². The molecule has 2 aromatic carbocycles. The fourth-order valence-corrected chi connectivity index (χ4v) is 3.89. The lowest BCUT2D eigenvalue weighted by Crippen LogP contribution is -2.36. The van der Waals surface area contributed by atoms with Gasteiger partial charge in [0.15, 0.2) is 0 Å². The SMILES string of the molecule is Cc1cccc(OCCCCn2c(CN3CCOCC3)nc3ccccc32)c1C. The van der Waals surface area contributed by atoms with Crippen LogP contribution in [0.4, 0.5) is 0 Å². The molecule has 0 aliphatic carbocycles. The zero-order valence-corrected chi connectivity index (χ0v) is 17.6. The number of nitrogens with zero attached hydrogens (tertiary/aromatic N) is 3. The number of aromatic nitrogens is 2. The summed E-state index contributed by atoms with van der Waals surface area (Å²) in [5, 5.41) is 0. The molecule has 1 aromatic heterocycles. The highest BCUT2D eigenvalue weighted by Gasteiger charge is 2.16. The lowest BCUT2D eigenvalue weighted by Gasteiger charge is -2.26. The average Bonchev–Trinajstić information content (AvgIpc) is 3.08. The molecular weight excluding hydrogens is 362 g/mol. The molecule has 3 aromatic rings. The van der Waals surface area contributed by atoms with Gasteiger partial charge in [0, 0.05) is 19.6 Å². The topological polar surface area (TPSA) is 39.5 Å². The van der Waals surface area contributed by atoms with Gasteiger partial charge < -0.3 is 14.0 Å². The summed E-state index contributed by atoms with van der Waals surface area (Å²) in [6, 6.07) is 14.7. The molecule has 154 valence electrons. The van der Waals surface area contributed by atoms with E-state index in [9.17, 15) is 0 Å². The van der Waals surface area contributed by atoms with E-state index in [0.29, 0.717) is 0 Å². The molecular formula is C24H31N3O2. The first kappa shape index (κ1) is 19.9. The lowest BCUT2D eigenvalue weighted by atomic mass is 10.1. The van der Waals surface area contributed by atoms with E-state index in [1.165, 1.54) is 16.6 Å². The molecule has 0 amide bonds. The van der Waals surface area contributed by atoms with Gasteiger partial charge in [-0.25, -0.2) is 4.98 Å². The molecule has 0 saturated carbocycles. The minimum Gasteiger partial charge on any atom is -0.493 e. The van der Waals surface area contributed by atoms with Crippen molar-refractivity contribution in [1.82, 2.24) is 14.5 Å². The summed E-state index contributed by atoms with van der Waals surface area (Å²) in [6.45, 7) is 10.4. The summed E-state index contributed by atoms with van der Waals surface area (Å²) in [5.41, 5.74) is 4.83. The molecule has 0 unspecified atom stereocenters. The van der Waals surface area contributed by atoms with Gasteiger partial charge in [0.05, 0.1) is 37.4 Å². The van der Waals surface area contributed by atoms with Crippen molar-refractivity contribution in [3.63, 3.8) is 0 Å². The van der Waals surface area contributed by atoms with E-state index >= 15 is 0 Å². The molecule has 1 aliphatic heterocycles. The Morgan fingerprint density at radius 3 is 2.69 bits per heavy atom. The molecule has 0 bridgehead atoms. The second-order valence-electron chi connectivity index (χ2n) is 7.81. The van der Waals surface area contributed by atoms with Crippen molar-refractivity contribution < 1.29 is 9.47 Å². The summed E-state index contributed by atoms with van der Waals surface area (Å²) >= 11 is 0. The molecule has 29 heavy (non-hydrogen) atoms. The van der Waals surface area contributed by atoms with Gasteiger partial charge in [-0.1, -0.05) is 24.3 Å². The van der Waals surface area contributed by atoms with Crippen molar-refractivity contribution in [1.29, 1.82) is 0 Å². The molecule has 5 heteroatoms. The van der Waals surface area contributed by atoms with Crippen LogP contribution < -0.4 is 4.74 Å². The molecule has 4 rings (SSSR count). The minimum atomic E-state index is 0.746. The Morgan fingerprint density at radius 1 is 1.00 bits per heavy atom. The summed E-state index contributed by atoms with van der Waals surface area (Å²) < 4.78 is 13.9. The van der Waals surface area contributed by atoms with E-state index < -0.39 is 0 Å². The van der Waals surface area contributed by atoms with Gasteiger partial charge in [0.25, 0.3) is 0 Å². The van der Waals surface area contributed by atoms with Crippen LogP contribution in [0.25, 0.3) is 11.0 Å². The Balaban J connectivity index is 1.37. The molecule has 0 atom stereocenters. The number of benzene rings is 2. The maximum atomic E-state index is 6.03. The monoisotopic (exact) mass is 393 g/mol. The van der Waals surface area contributed by atoms with Crippen LogP contribution in [0.15, 0.2) is 42.5 Å². The van der Waals surface area contributed by atoms with Crippen molar-refractivity contribution >= 4 is 11.0 Å². The van der Waals surface area contributed by atoms with Crippen molar-refractivity contribution in [2.75, 3.05) is 32.9 Å². The Morgan fingerprint density at radius 2 is 1.83 bits per heavy atom. The predicted octanol–water partition coefficient (Wildman–Crippen LogP) is 4.34. The van der Waals surface area contributed by atoms with Crippen molar-refractivity contribution in [3.05, 3.63) is 59.4 Å². The third-order valence-corrected chi connectivity index (χ3v) is 5.79. The van der Waals surface area contributed by atoms with Crippen LogP contribution in [0, 0.1) is 13.8 Å². The fourth-order valence-electron chi connectivity index (χ4n) is 3.89. The van der Waals surface area contributed by atoms with E-state index in [2.05, 4.69) is 65.8 Å². The maximum absolute atomic E-state index is 6.03. The van der Waals surface area contributed by atoms with E-state index in [1.54, 1.807) is 0 Å². The first-order chi connectivity index (χ1) is 14.2. The predicted molar refractivity (Wildman–Crippen MR) is 116 cm³/mol. The van der Waals surface area contributed by atoms with Crippen LogP contribution in [0.3, 0.4) is 0 Å². The summed E-state index contributed by atoms with van der Waals surface area (Å²) in [7, 11) is 0. The number of hydrogen-bond acceptors (Lipinski definition) is 4. The molecule has 0 radical (unpaired) electrons. The molecule has 0 N–H and O–H groups in total. The quantitative estimate of drug-likeness (QED) is 0.534. The summed E-state index contributed by atoms with van der Waals surface area (Å²) in [5.74, 6) is 2.16. The van der Waals surface area contributed by atoms with Crippen LogP contribution in [0.5, 0.6) is 5.75 Å². The van der Waals surface area contributed by atoms with E-state index in [1.807, 2.05) is 0 Å². The number of rotatable bonds is 8. The minimum absolute atomic E-state index is 0.746. The molecule has 1 aliphatic rings. The van der Waals surface area contributed by atoms with Crippen LogP contribution in [-0.2, 0) is 17.8 Å². The van der Waals surface area contributed by atoms with Gasteiger partial charge in [-0.05, 0) is 56.0 Å². The number of imidazole rings is 1. The van der Waals surface area contributed by atoms with Crippen LogP contribution in [0.2, 0.25) is 0 Å². The van der Waals surface area contributed by atoms with E-state index in [0.717, 1.165) is 75.9 Å². The molecule has 5 nitrogen and oxygen atoms in total. The molecule has 2 heterocycles. The lowest BCUT2D eigenvalue weighted by molar-refractivity contribution is 0.0326. The number of hydrogen-bond donors (Lipinski definition) is 0. The smallest absolute Gasteiger partial charge is 0.124 e. The highest BCUT2D eigenvalue weighted by atomic mass is 16.5. The van der Waals surface area contributed by atoms with Crippen LogP contribution >= 0.6 is 0 Å². The van der Waals surface area contributed by atoms with Crippen molar-refractivity contribution in [2.24, 2.45) is 0 Å². The Bertz CT molecular complexity index is 944. The fraction of sp³-hybridized carbons (Fsp3) is 0.458. The highest BCUT2D eigenvalue weighted by Crippen LogP contribution is 2.21. The molecule has 1 saturated heterocycles. The highest BCUT2D eigenvalue weighted by molar-refractivity contribution is 5.75. The number of ether oxygens (including phenoxy) is 2. The maximum Gasteiger partial charge on any atom is 0.124 e. The average molecular weight is 394 g/mol. The number of aryl methyl sites for hydroxylation is 2. The molecule has 0 spiro atoms. The van der Waals surface area contributed by atoms with E-state index in [4.69, 9.17) is 14.5 Å². The van der Waals surface area contributed by atoms with Crippen LogP contribution in [-0.4, -0.2) is 47.4 Å². The Hall–Kier alpha value is -2.37. The van der Waals surface area contributed by atoms with Crippen molar-refractivity contribution in [3.8, 4) is 5.75 Å². The Kier molecular flexibility index (Phi) is 6.47. The first-order valence-electron chi connectivity index (χ1n) is 10.7. The normalized spacial score (nSPS) is 15.1. The zero-order chi connectivity index (χ0) is 20.1. The number of unbranched alkanes of at least 4 members (excludes halogenated alkanes) is 1. The van der Waals surface area contributed by atoms with Crippen LogP contribution in [0.1, 0.15) is 29.8 Å². The zero-order valence-electron chi connectivity index (χ0n) is 17.6. The van der Waals surface area contributed by atoms with Gasteiger partial charge in [-0.15, -0.1) is 0 Å². The van der Waals surface area contributed by atoms with Gasteiger partial charge in [-0.2, -0.15) is 0 Å².